The van der Waals surface area contributed by atoms with Gasteiger partial charge in [0.2, 0.25) is 0 Å². The molecule has 1 unspecified atom stereocenters. The number of hydrogen-bond donors (Lipinski definition) is 0. The van der Waals surface area contributed by atoms with Crippen molar-refractivity contribution in [1.82, 2.24) is 0 Å². The zero-order valence-electron chi connectivity index (χ0n) is 6.81. The van der Waals surface area contributed by atoms with E-state index in [0.717, 1.165) is 0 Å². The third kappa shape index (κ3) is 6.21. The molecule has 0 aromatic rings. The summed E-state index contributed by atoms with van der Waals surface area (Å²) in [7, 11) is 0. The third-order valence-electron chi connectivity index (χ3n) is 1.60. The maximum atomic E-state index is 3.74. The van der Waals surface area contributed by atoms with Crippen LogP contribution in [0, 0.1) is 12.2 Å². The zero-order valence-corrected chi connectivity index (χ0v) is 7.62. The SMILES string of the molecule is [CH2]SCCCCC(C)C=C. The number of thioether (sulfide) groups is 1. The first-order chi connectivity index (χ1) is 4.81. The summed E-state index contributed by atoms with van der Waals surface area (Å²) in [5, 5.41) is 0. The normalized spacial score (nSPS) is 13.0. The van der Waals surface area contributed by atoms with E-state index in [1.807, 2.05) is 6.08 Å². The van der Waals surface area contributed by atoms with Crippen molar-refractivity contribution in [2.24, 2.45) is 5.92 Å². The molecule has 0 aliphatic carbocycles. The van der Waals surface area contributed by atoms with Crippen LogP contribution < -0.4 is 0 Å². The maximum absolute atomic E-state index is 3.74. The van der Waals surface area contributed by atoms with Crippen molar-refractivity contribution in [2.45, 2.75) is 26.2 Å². The molecule has 1 radical (unpaired) electrons. The van der Waals surface area contributed by atoms with Crippen LogP contribution in [0.1, 0.15) is 26.2 Å². The molecule has 0 amide bonds. The molecule has 10 heavy (non-hydrogen) atoms. The van der Waals surface area contributed by atoms with Gasteiger partial charge in [-0.15, -0.1) is 6.58 Å². The molecule has 1 heteroatoms. The molecule has 1 atom stereocenters. The van der Waals surface area contributed by atoms with Gasteiger partial charge in [-0.2, -0.15) is 11.8 Å². The smallest absolute Gasteiger partial charge is 0.00235 e. The summed E-state index contributed by atoms with van der Waals surface area (Å²) < 4.78 is 0. The number of rotatable bonds is 6. The van der Waals surface area contributed by atoms with Gasteiger partial charge >= 0.3 is 0 Å². The second kappa shape index (κ2) is 7.20. The van der Waals surface area contributed by atoms with Gasteiger partial charge in [0.05, 0.1) is 0 Å². The van der Waals surface area contributed by atoms with Gasteiger partial charge in [-0.25, -0.2) is 0 Å². The van der Waals surface area contributed by atoms with Gasteiger partial charge in [0, 0.05) is 6.26 Å². The Kier molecular flexibility index (Phi) is 7.26. The monoisotopic (exact) mass is 157 g/mol. The van der Waals surface area contributed by atoms with E-state index in [-0.39, 0.29) is 0 Å². The lowest BCUT2D eigenvalue weighted by atomic mass is 10.1. The molecule has 0 nitrogen and oxygen atoms in total. The average molecular weight is 157 g/mol. The topological polar surface area (TPSA) is 0 Å². The standard InChI is InChI=1S/C9H17S/c1-4-9(2)7-5-6-8-10-3/h4,9H,1,3,5-8H2,2H3. The quantitative estimate of drug-likeness (QED) is 0.420. The van der Waals surface area contributed by atoms with Gasteiger partial charge in [-0.3, -0.25) is 0 Å². The van der Waals surface area contributed by atoms with Gasteiger partial charge in [0.25, 0.3) is 0 Å². The van der Waals surface area contributed by atoms with Crippen LogP contribution in [0.3, 0.4) is 0 Å². The van der Waals surface area contributed by atoms with Gasteiger partial charge in [0.15, 0.2) is 0 Å². The van der Waals surface area contributed by atoms with Crippen LogP contribution >= 0.6 is 11.8 Å². The summed E-state index contributed by atoms with van der Waals surface area (Å²) in [5.41, 5.74) is 0. The van der Waals surface area contributed by atoms with Crippen LogP contribution in [-0.4, -0.2) is 5.75 Å². The first kappa shape index (κ1) is 10.1. The van der Waals surface area contributed by atoms with Crippen LogP contribution in [0.2, 0.25) is 0 Å². The van der Waals surface area contributed by atoms with Crippen molar-refractivity contribution in [3.8, 4) is 0 Å². The van der Waals surface area contributed by atoms with E-state index in [2.05, 4.69) is 19.8 Å². The second-order valence-corrected chi connectivity index (χ2v) is 3.43. The predicted molar refractivity (Wildman–Crippen MR) is 51.0 cm³/mol. The lowest BCUT2D eigenvalue weighted by Gasteiger charge is -2.03. The average Bonchev–Trinajstić information content (AvgIpc) is 1.98. The highest BCUT2D eigenvalue weighted by Crippen LogP contribution is 2.10. The van der Waals surface area contributed by atoms with E-state index in [1.165, 1.54) is 25.0 Å². The summed E-state index contributed by atoms with van der Waals surface area (Å²) in [6.45, 7) is 5.95. The summed E-state index contributed by atoms with van der Waals surface area (Å²) >= 11 is 1.69. The zero-order chi connectivity index (χ0) is 7.82. The maximum Gasteiger partial charge on any atom is 0.00235 e. The largest absolute Gasteiger partial charge is 0.161 e. The molecule has 0 saturated heterocycles. The Hall–Kier alpha value is 0.0900. The Balaban J connectivity index is 2.95. The van der Waals surface area contributed by atoms with Crippen molar-refractivity contribution in [3.05, 3.63) is 18.9 Å². The summed E-state index contributed by atoms with van der Waals surface area (Å²) in [4.78, 5) is 0. The van der Waals surface area contributed by atoms with Crippen LogP contribution in [0.15, 0.2) is 12.7 Å². The lowest BCUT2D eigenvalue weighted by Crippen LogP contribution is -1.89. The van der Waals surface area contributed by atoms with Crippen LogP contribution in [0.5, 0.6) is 0 Å². The van der Waals surface area contributed by atoms with Gasteiger partial charge in [-0.05, 0) is 24.5 Å². The summed E-state index contributed by atoms with van der Waals surface area (Å²) in [5.74, 6) is 1.89. The predicted octanol–water partition coefficient (Wildman–Crippen LogP) is 3.50. The first-order valence-electron chi connectivity index (χ1n) is 3.80. The molecule has 0 rings (SSSR count). The van der Waals surface area contributed by atoms with E-state index in [0.29, 0.717) is 5.92 Å². The second-order valence-electron chi connectivity index (χ2n) is 2.62. The molecular formula is C9H17S. The minimum absolute atomic E-state index is 0.690. The highest BCUT2D eigenvalue weighted by atomic mass is 32.2. The van der Waals surface area contributed by atoms with Crippen molar-refractivity contribution < 1.29 is 0 Å². The van der Waals surface area contributed by atoms with Gasteiger partial charge in [0.1, 0.15) is 0 Å². The van der Waals surface area contributed by atoms with E-state index in [9.17, 15) is 0 Å². The summed E-state index contributed by atoms with van der Waals surface area (Å²) in [6, 6.07) is 0. The molecule has 59 valence electrons. The third-order valence-corrected chi connectivity index (χ3v) is 2.18. The number of unbranched alkanes of at least 4 members (excludes halogenated alkanes) is 1. The molecule has 0 heterocycles. The molecule has 0 aliphatic heterocycles. The van der Waals surface area contributed by atoms with Crippen LogP contribution in [0.25, 0.3) is 0 Å². The molecule has 0 aromatic carbocycles. The highest BCUT2D eigenvalue weighted by molar-refractivity contribution is 8.00. The fraction of sp³-hybridized carbons (Fsp3) is 0.667. The van der Waals surface area contributed by atoms with Crippen molar-refractivity contribution in [3.63, 3.8) is 0 Å². The minimum Gasteiger partial charge on any atom is -0.161 e. The molecular weight excluding hydrogens is 140 g/mol. The Morgan fingerprint density at radius 1 is 1.50 bits per heavy atom. The molecule has 0 bridgehead atoms. The molecule has 0 N–H and O–H groups in total. The molecule has 0 fully saturated rings. The Morgan fingerprint density at radius 3 is 2.70 bits per heavy atom. The number of allylic oxidation sites excluding steroid dienone is 1. The highest BCUT2D eigenvalue weighted by Gasteiger charge is 1.94. The van der Waals surface area contributed by atoms with E-state index < -0.39 is 0 Å². The fourth-order valence-corrected chi connectivity index (χ4v) is 1.20. The van der Waals surface area contributed by atoms with Crippen LogP contribution in [-0.2, 0) is 0 Å². The lowest BCUT2D eigenvalue weighted by molar-refractivity contribution is 0.602. The van der Waals surface area contributed by atoms with Crippen LogP contribution in [0.4, 0.5) is 0 Å². The molecule has 0 aromatic heterocycles. The van der Waals surface area contributed by atoms with Crippen molar-refractivity contribution in [2.75, 3.05) is 5.75 Å². The Labute approximate surface area is 69.1 Å². The Bertz CT molecular complexity index is 78.8. The van der Waals surface area contributed by atoms with E-state index in [1.54, 1.807) is 11.8 Å². The summed E-state index contributed by atoms with van der Waals surface area (Å²) in [6.07, 6.45) is 9.64. The van der Waals surface area contributed by atoms with E-state index in [4.69, 9.17) is 0 Å². The molecule has 0 saturated carbocycles. The van der Waals surface area contributed by atoms with Crippen molar-refractivity contribution >= 4 is 11.8 Å². The fourth-order valence-electron chi connectivity index (χ4n) is 0.788. The minimum atomic E-state index is 0.690. The van der Waals surface area contributed by atoms with Crippen molar-refractivity contribution in [1.29, 1.82) is 0 Å². The van der Waals surface area contributed by atoms with Gasteiger partial charge in [-0.1, -0.05) is 19.4 Å². The number of hydrogen-bond acceptors (Lipinski definition) is 1. The van der Waals surface area contributed by atoms with E-state index >= 15 is 0 Å². The van der Waals surface area contributed by atoms with Gasteiger partial charge < -0.3 is 0 Å². The first-order valence-corrected chi connectivity index (χ1v) is 4.96. The Morgan fingerprint density at radius 2 is 2.20 bits per heavy atom. The molecule has 0 spiro atoms. The molecule has 0 aliphatic rings.